The van der Waals surface area contributed by atoms with Gasteiger partial charge in [0.1, 0.15) is 9.99 Å². The number of carbonyl (C=O) groups excluding carboxylic acids is 1. The molecule has 3 heterocycles. The zero-order chi connectivity index (χ0) is 25.4. The molecule has 2 atom stereocenters. The van der Waals surface area contributed by atoms with E-state index in [0.29, 0.717) is 44.7 Å². The molecule has 0 amide bonds. The highest BCUT2D eigenvalue weighted by Gasteiger charge is 2.51. The fourth-order valence-electron chi connectivity index (χ4n) is 4.50. The number of piperidine rings is 1. The lowest BCUT2D eigenvalue weighted by atomic mass is 9.95. The van der Waals surface area contributed by atoms with Crippen LogP contribution >= 0.6 is 11.3 Å². The number of hydrogen-bond acceptors (Lipinski definition) is 7. The van der Waals surface area contributed by atoms with Gasteiger partial charge in [0.25, 0.3) is 10.0 Å². The number of carbonyl (C=O) groups is 1. The number of thiophene rings is 1. The molecule has 1 aromatic heterocycles. The van der Waals surface area contributed by atoms with E-state index in [1.54, 1.807) is 17.5 Å². The molecule has 2 fully saturated rings. The number of nitrogens with zero attached hydrogens (tertiary/aromatic N) is 3. The Bertz CT molecular complexity index is 1130. The van der Waals surface area contributed by atoms with Crippen molar-refractivity contribution in [2.45, 2.75) is 41.8 Å². The van der Waals surface area contributed by atoms with Crippen LogP contribution in [-0.2, 0) is 20.4 Å². The number of sulfonamides is 1. The van der Waals surface area contributed by atoms with Crippen molar-refractivity contribution in [3.8, 4) is 0 Å². The predicted molar refractivity (Wildman–Crippen MR) is 127 cm³/mol. The van der Waals surface area contributed by atoms with Gasteiger partial charge in [-0.25, -0.2) is 8.42 Å². The molecule has 0 aliphatic carbocycles. The van der Waals surface area contributed by atoms with Gasteiger partial charge >= 0.3 is 6.18 Å². The maximum absolute atomic E-state index is 13.2. The molecule has 0 unspecified atom stereocenters. The first-order chi connectivity index (χ1) is 16.4. The molecule has 0 spiro atoms. The fourth-order valence-corrected chi connectivity index (χ4v) is 7.12. The first kappa shape index (κ1) is 26.1. The number of Topliss-reactive ketones (excluding diaryl/α,β-unsaturated/α-hetero) is 1. The minimum absolute atomic E-state index is 0.205. The number of alkyl halides is 3. The number of halogens is 3. The molecule has 2 aliphatic heterocycles. The van der Waals surface area contributed by atoms with Gasteiger partial charge in [-0.05, 0) is 36.1 Å². The summed E-state index contributed by atoms with van der Waals surface area (Å²) in [6.07, 6.45) is -3.92. The van der Waals surface area contributed by atoms with Gasteiger partial charge in [0.15, 0.2) is 5.60 Å². The van der Waals surface area contributed by atoms with Gasteiger partial charge in [0, 0.05) is 57.8 Å². The number of aliphatic hydroxyl groups is 1. The van der Waals surface area contributed by atoms with Gasteiger partial charge in [0.2, 0.25) is 0 Å². The van der Waals surface area contributed by atoms with Crippen molar-refractivity contribution in [1.29, 1.82) is 0 Å². The number of ketones is 1. The van der Waals surface area contributed by atoms with E-state index >= 15 is 0 Å². The second-order valence-corrected chi connectivity index (χ2v) is 12.2. The predicted octanol–water partition coefficient (Wildman–Crippen LogP) is 3.06. The number of benzene rings is 1. The van der Waals surface area contributed by atoms with Crippen LogP contribution in [0.1, 0.15) is 25.3 Å². The molecule has 12 heteroatoms. The Labute approximate surface area is 206 Å². The molecule has 7 nitrogen and oxygen atoms in total. The number of piperazine rings is 1. The molecule has 0 saturated carbocycles. The summed E-state index contributed by atoms with van der Waals surface area (Å²) in [5.74, 6) is 0.205. The van der Waals surface area contributed by atoms with Crippen LogP contribution in [-0.4, -0.2) is 80.0 Å². The summed E-state index contributed by atoms with van der Waals surface area (Å²) in [6.45, 7) is 3.23. The first-order valence-electron chi connectivity index (χ1n) is 11.3. The lowest BCUT2D eigenvalue weighted by Crippen LogP contribution is -2.58. The normalized spacial score (nSPS) is 22.8. The van der Waals surface area contributed by atoms with Crippen LogP contribution < -0.4 is 4.90 Å². The van der Waals surface area contributed by atoms with Gasteiger partial charge in [-0.1, -0.05) is 18.2 Å². The highest BCUT2D eigenvalue weighted by Crippen LogP contribution is 2.39. The largest absolute Gasteiger partial charge is 0.421 e. The molecule has 1 N–H and O–H groups in total. The number of rotatable bonds is 6. The van der Waals surface area contributed by atoms with Crippen molar-refractivity contribution in [2.24, 2.45) is 0 Å². The molecule has 2 aliphatic rings. The van der Waals surface area contributed by atoms with Crippen molar-refractivity contribution < 1.29 is 31.5 Å². The quantitative estimate of drug-likeness (QED) is 0.617. The number of hydrogen-bond donors (Lipinski definition) is 1. The van der Waals surface area contributed by atoms with Gasteiger partial charge in [0.05, 0.1) is 6.04 Å². The first-order valence-corrected chi connectivity index (χ1v) is 13.7. The van der Waals surface area contributed by atoms with Crippen LogP contribution in [0.5, 0.6) is 0 Å². The Morgan fingerprint density at radius 2 is 1.71 bits per heavy atom. The molecular formula is C23H28F3N3O4S2. The topological polar surface area (TPSA) is 81.2 Å². The smallest absolute Gasteiger partial charge is 0.376 e. The Balaban J connectivity index is 1.58. The van der Waals surface area contributed by atoms with Crippen molar-refractivity contribution in [3.05, 3.63) is 47.3 Å². The van der Waals surface area contributed by atoms with Crippen molar-refractivity contribution in [1.82, 2.24) is 9.21 Å². The van der Waals surface area contributed by atoms with E-state index in [4.69, 9.17) is 0 Å². The zero-order valence-corrected chi connectivity index (χ0v) is 20.9. The van der Waals surface area contributed by atoms with Crippen molar-refractivity contribution >= 4 is 32.8 Å². The van der Waals surface area contributed by atoms with E-state index < -0.39 is 21.8 Å². The van der Waals surface area contributed by atoms with Gasteiger partial charge in [-0.15, -0.1) is 11.3 Å². The monoisotopic (exact) mass is 531 g/mol. The van der Waals surface area contributed by atoms with Crippen LogP contribution in [0.2, 0.25) is 0 Å². The summed E-state index contributed by atoms with van der Waals surface area (Å²) in [7, 11) is -3.65. The van der Waals surface area contributed by atoms with Gasteiger partial charge in [-0.3, -0.25) is 4.79 Å². The molecule has 2 aromatic rings. The Morgan fingerprint density at radius 1 is 1.06 bits per heavy atom. The molecular weight excluding hydrogens is 503 g/mol. The number of anilines is 1. The van der Waals surface area contributed by atoms with Crippen molar-refractivity contribution in [2.75, 3.05) is 44.2 Å². The summed E-state index contributed by atoms with van der Waals surface area (Å²) in [6, 6.07) is 8.58. The standard InChI is InChI=1S/C23H28F3N3O4S2/c1-22(31,23(24,25)26)17-4-6-18(7-5-17)29-13-12-28(35(32,33)21-3-2-14-34-21)16-19(29)15-27-10-8-20(30)9-11-27/h2-7,14,19,31H,8-13,15-16H2,1H3/t19-,22-/m0/s1. The highest BCUT2D eigenvalue weighted by atomic mass is 32.2. The molecule has 1 aromatic carbocycles. The minimum atomic E-state index is -4.81. The van der Waals surface area contributed by atoms with Crippen LogP contribution in [0, 0.1) is 0 Å². The molecule has 2 saturated heterocycles. The summed E-state index contributed by atoms with van der Waals surface area (Å²) >= 11 is 1.16. The Hall–Kier alpha value is -1.99. The number of likely N-dealkylation sites (tertiary alicyclic amines) is 1. The average Bonchev–Trinajstić information content (AvgIpc) is 3.36. The minimum Gasteiger partial charge on any atom is -0.376 e. The summed E-state index contributed by atoms with van der Waals surface area (Å²) in [4.78, 5) is 15.8. The summed E-state index contributed by atoms with van der Waals surface area (Å²) < 4.78 is 67.8. The van der Waals surface area contributed by atoms with Gasteiger partial charge < -0.3 is 14.9 Å². The summed E-state index contributed by atoms with van der Waals surface area (Å²) in [5, 5.41) is 11.7. The Morgan fingerprint density at radius 3 is 2.29 bits per heavy atom. The lowest BCUT2D eigenvalue weighted by Gasteiger charge is -2.44. The average molecular weight is 532 g/mol. The zero-order valence-electron chi connectivity index (χ0n) is 19.2. The van der Waals surface area contributed by atoms with E-state index in [2.05, 4.69) is 4.90 Å². The van der Waals surface area contributed by atoms with Crippen LogP contribution in [0.15, 0.2) is 46.0 Å². The SMILES string of the molecule is C[C@](O)(c1ccc(N2CCN(S(=O)(=O)c3cccs3)C[C@@H]2CN2CCC(=O)CC2)cc1)C(F)(F)F. The summed E-state index contributed by atoms with van der Waals surface area (Å²) in [5.41, 5.74) is -2.59. The van der Waals surface area contributed by atoms with Crippen LogP contribution in [0.25, 0.3) is 0 Å². The van der Waals surface area contributed by atoms with E-state index in [1.165, 1.54) is 28.6 Å². The second-order valence-electron chi connectivity index (χ2n) is 9.10. The third-order valence-electron chi connectivity index (χ3n) is 6.73. The van der Waals surface area contributed by atoms with Crippen LogP contribution in [0.3, 0.4) is 0 Å². The maximum atomic E-state index is 13.2. The van der Waals surface area contributed by atoms with E-state index in [0.717, 1.165) is 18.3 Å². The van der Waals surface area contributed by atoms with Crippen molar-refractivity contribution in [3.63, 3.8) is 0 Å². The van der Waals surface area contributed by atoms with Crippen LogP contribution in [0.4, 0.5) is 18.9 Å². The molecule has 4 rings (SSSR count). The maximum Gasteiger partial charge on any atom is 0.421 e. The Kier molecular flexibility index (Phi) is 7.31. The van der Waals surface area contributed by atoms with E-state index in [9.17, 15) is 31.5 Å². The third-order valence-corrected chi connectivity index (χ3v) is 9.97. The molecule has 192 valence electrons. The second kappa shape index (κ2) is 9.81. The highest BCUT2D eigenvalue weighted by molar-refractivity contribution is 7.91. The van der Waals surface area contributed by atoms with E-state index in [-0.39, 0.29) is 34.7 Å². The molecule has 0 radical (unpaired) electrons. The van der Waals surface area contributed by atoms with Gasteiger partial charge in [-0.2, -0.15) is 17.5 Å². The third kappa shape index (κ3) is 5.41. The lowest BCUT2D eigenvalue weighted by molar-refractivity contribution is -0.258. The fraction of sp³-hybridized carbons (Fsp3) is 0.522. The molecule has 0 bridgehead atoms. The molecule has 35 heavy (non-hydrogen) atoms. The van der Waals surface area contributed by atoms with E-state index in [1.807, 2.05) is 4.90 Å².